The van der Waals surface area contributed by atoms with E-state index in [1.807, 2.05) is 19.1 Å². The van der Waals surface area contributed by atoms with Gasteiger partial charge in [0, 0.05) is 0 Å². The van der Waals surface area contributed by atoms with Crippen molar-refractivity contribution in [2.24, 2.45) is 0 Å². The fourth-order valence-electron chi connectivity index (χ4n) is 3.28. The molecule has 3 aromatic rings. The minimum atomic E-state index is -0.480. The molecule has 172 valence electrons. The van der Waals surface area contributed by atoms with Crippen LogP contribution in [0.3, 0.4) is 0 Å². The van der Waals surface area contributed by atoms with Gasteiger partial charge >= 0.3 is 5.97 Å². The van der Waals surface area contributed by atoms with Crippen molar-refractivity contribution in [2.45, 2.75) is 6.92 Å². The van der Waals surface area contributed by atoms with Gasteiger partial charge < -0.3 is 14.2 Å². The van der Waals surface area contributed by atoms with Gasteiger partial charge in [0.2, 0.25) is 0 Å². The summed E-state index contributed by atoms with van der Waals surface area (Å²) in [7, 11) is 3.08. The molecular weight excluding hydrogens is 470 g/mol. The van der Waals surface area contributed by atoms with E-state index >= 15 is 0 Å². The number of nitrogens with zero attached hydrogens (tertiary/aromatic N) is 1. The lowest BCUT2D eigenvalue weighted by atomic mass is 10.1. The maximum atomic E-state index is 13.0. The van der Waals surface area contributed by atoms with Crippen molar-refractivity contribution in [3.63, 3.8) is 0 Å². The van der Waals surface area contributed by atoms with Crippen molar-refractivity contribution < 1.29 is 23.8 Å². The fraction of sp³-hybridized carbons (Fsp3) is 0.115. The van der Waals surface area contributed by atoms with Crippen molar-refractivity contribution in [3.05, 3.63) is 88.3 Å². The van der Waals surface area contributed by atoms with Crippen molar-refractivity contribution >= 4 is 51.9 Å². The van der Waals surface area contributed by atoms with Gasteiger partial charge in [0.05, 0.1) is 30.4 Å². The number of anilines is 1. The van der Waals surface area contributed by atoms with Crippen LogP contribution in [0.15, 0.2) is 71.6 Å². The second-order valence-electron chi connectivity index (χ2n) is 7.38. The molecule has 0 unspecified atom stereocenters. The number of thioether (sulfide) groups is 1. The number of benzene rings is 3. The summed E-state index contributed by atoms with van der Waals surface area (Å²) in [4.78, 5) is 27.5. The van der Waals surface area contributed by atoms with E-state index in [4.69, 9.17) is 26.4 Å². The maximum absolute atomic E-state index is 13.0. The van der Waals surface area contributed by atoms with E-state index < -0.39 is 5.97 Å². The van der Waals surface area contributed by atoms with Gasteiger partial charge in [0.15, 0.2) is 15.8 Å². The number of hydrogen-bond donors (Lipinski definition) is 0. The Hall–Kier alpha value is -3.62. The van der Waals surface area contributed by atoms with Gasteiger partial charge in [0.25, 0.3) is 5.91 Å². The molecule has 1 heterocycles. The number of rotatable bonds is 6. The summed E-state index contributed by atoms with van der Waals surface area (Å²) in [6, 6.07) is 19.3. The first kappa shape index (κ1) is 23.5. The highest BCUT2D eigenvalue weighted by Crippen LogP contribution is 2.37. The van der Waals surface area contributed by atoms with Crippen LogP contribution >= 0.6 is 24.0 Å². The van der Waals surface area contributed by atoms with Gasteiger partial charge in [-0.25, -0.2) is 4.79 Å². The Morgan fingerprint density at radius 1 is 0.941 bits per heavy atom. The van der Waals surface area contributed by atoms with E-state index in [0.29, 0.717) is 37.5 Å². The molecule has 8 heteroatoms. The van der Waals surface area contributed by atoms with Crippen LogP contribution in [0.1, 0.15) is 21.5 Å². The molecule has 1 aliphatic heterocycles. The van der Waals surface area contributed by atoms with Gasteiger partial charge in [-0.3, -0.25) is 9.69 Å². The van der Waals surface area contributed by atoms with Gasteiger partial charge in [-0.2, -0.15) is 0 Å². The van der Waals surface area contributed by atoms with Crippen molar-refractivity contribution in [3.8, 4) is 17.2 Å². The molecule has 0 saturated carbocycles. The second-order valence-corrected chi connectivity index (χ2v) is 9.06. The summed E-state index contributed by atoms with van der Waals surface area (Å²) in [5.74, 6) is 0.663. The Balaban J connectivity index is 1.54. The maximum Gasteiger partial charge on any atom is 0.343 e. The molecular formula is C26H21NO5S2. The van der Waals surface area contributed by atoms with Crippen LogP contribution in [0.25, 0.3) is 6.08 Å². The molecule has 1 saturated heterocycles. The van der Waals surface area contributed by atoms with Gasteiger partial charge in [-0.1, -0.05) is 47.7 Å². The molecule has 3 aromatic carbocycles. The minimum absolute atomic E-state index is 0.214. The first-order chi connectivity index (χ1) is 16.4. The van der Waals surface area contributed by atoms with Crippen LogP contribution in [0.4, 0.5) is 5.69 Å². The van der Waals surface area contributed by atoms with Crippen LogP contribution < -0.4 is 19.1 Å². The summed E-state index contributed by atoms with van der Waals surface area (Å²) in [5.41, 5.74) is 2.87. The molecule has 0 spiro atoms. The summed E-state index contributed by atoms with van der Waals surface area (Å²) in [6.07, 6.45) is 1.73. The molecule has 0 atom stereocenters. The minimum Gasteiger partial charge on any atom is -0.497 e. The number of methoxy groups -OCH3 is 2. The van der Waals surface area contributed by atoms with Crippen LogP contribution in [0.2, 0.25) is 0 Å². The topological polar surface area (TPSA) is 65.1 Å². The lowest BCUT2D eigenvalue weighted by molar-refractivity contribution is -0.113. The zero-order valence-electron chi connectivity index (χ0n) is 18.7. The molecule has 0 N–H and O–H groups in total. The van der Waals surface area contributed by atoms with Crippen LogP contribution in [-0.2, 0) is 4.79 Å². The second kappa shape index (κ2) is 10.1. The van der Waals surface area contributed by atoms with E-state index in [1.54, 1.807) is 67.8 Å². The number of aryl methyl sites for hydroxylation is 1. The zero-order chi connectivity index (χ0) is 24.2. The third-order valence-corrected chi connectivity index (χ3v) is 6.40. The molecule has 34 heavy (non-hydrogen) atoms. The number of ether oxygens (including phenoxy) is 3. The highest BCUT2D eigenvalue weighted by Gasteiger charge is 2.33. The number of esters is 1. The first-order valence-corrected chi connectivity index (χ1v) is 11.5. The first-order valence-electron chi connectivity index (χ1n) is 10.3. The van der Waals surface area contributed by atoms with Crippen LogP contribution in [0.5, 0.6) is 17.2 Å². The molecule has 1 aliphatic rings. The monoisotopic (exact) mass is 491 g/mol. The number of carbonyl (C=O) groups is 2. The molecule has 6 nitrogen and oxygen atoms in total. The molecule has 0 aromatic heterocycles. The van der Waals surface area contributed by atoms with Gasteiger partial charge in [0.1, 0.15) is 5.75 Å². The van der Waals surface area contributed by atoms with E-state index in [0.717, 1.165) is 5.56 Å². The Labute approximate surface area is 207 Å². The van der Waals surface area contributed by atoms with Crippen molar-refractivity contribution in [1.82, 2.24) is 0 Å². The Kier molecular flexibility index (Phi) is 7.00. The number of hydrogen-bond acceptors (Lipinski definition) is 7. The molecule has 0 bridgehead atoms. The summed E-state index contributed by atoms with van der Waals surface area (Å²) in [6.45, 7) is 1.95. The Bertz CT molecular complexity index is 1280. The average molecular weight is 492 g/mol. The van der Waals surface area contributed by atoms with Crippen molar-refractivity contribution in [2.75, 3.05) is 19.1 Å². The average Bonchev–Trinajstić information content (AvgIpc) is 3.12. The predicted octanol–water partition coefficient (Wildman–Crippen LogP) is 5.64. The smallest absolute Gasteiger partial charge is 0.343 e. The van der Waals surface area contributed by atoms with Crippen molar-refractivity contribution in [1.29, 1.82) is 0 Å². The predicted molar refractivity (Wildman–Crippen MR) is 138 cm³/mol. The van der Waals surface area contributed by atoms with E-state index in [1.165, 1.54) is 23.8 Å². The fourth-order valence-corrected chi connectivity index (χ4v) is 4.58. The summed E-state index contributed by atoms with van der Waals surface area (Å²) in [5, 5.41) is 0. The molecule has 1 fully saturated rings. The third kappa shape index (κ3) is 4.98. The lowest BCUT2D eigenvalue weighted by Gasteiger charge is -2.14. The van der Waals surface area contributed by atoms with Gasteiger partial charge in [-0.05, 0) is 67.1 Å². The third-order valence-electron chi connectivity index (χ3n) is 5.10. The number of amides is 1. The van der Waals surface area contributed by atoms with Crippen LogP contribution in [-0.4, -0.2) is 30.4 Å². The molecule has 0 radical (unpaired) electrons. The largest absolute Gasteiger partial charge is 0.497 e. The summed E-state index contributed by atoms with van der Waals surface area (Å²) < 4.78 is 16.6. The van der Waals surface area contributed by atoms with Crippen LogP contribution in [0, 0.1) is 6.92 Å². The Morgan fingerprint density at radius 2 is 1.65 bits per heavy atom. The Morgan fingerprint density at radius 3 is 2.29 bits per heavy atom. The normalized spacial score (nSPS) is 14.4. The van der Waals surface area contributed by atoms with E-state index in [-0.39, 0.29) is 11.7 Å². The number of thiocarbonyl (C=S) groups is 1. The standard InChI is InChI=1S/C26H21NO5S2/c1-16-4-7-18(8-5-16)25(29)32-21-13-6-17(14-22(21)31-3)15-23-24(28)27(26(33)34-23)19-9-11-20(30-2)12-10-19/h4-15H,1-3H3/b23-15+. The van der Waals surface area contributed by atoms with E-state index in [2.05, 4.69) is 0 Å². The van der Waals surface area contributed by atoms with Gasteiger partial charge in [-0.15, -0.1) is 0 Å². The van der Waals surface area contributed by atoms with E-state index in [9.17, 15) is 9.59 Å². The summed E-state index contributed by atoms with van der Waals surface area (Å²) >= 11 is 6.66. The zero-order valence-corrected chi connectivity index (χ0v) is 20.4. The highest BCUT2D eigenvalue weighted by atomic mass is 32.2. The molecule has 0 aliphatic carbocycles. The molecule has 1 amide bonds. The highest BCUT2D eigenvalue weighted by molar-refractivity contribution is 8.27. The number of carbonyl (C=O) groups excluding carboxylic acids is 2. The SMILES string of the molecule is COc1ccc(N2C(=O)/C(=C\c3ccc(OC(=O)c4ccc(C)cc4)c(OC)c3)SC2=S)cc1. The lowest BCUT2D eigenvalue weighted by Crippen LogP contribution is -2.27. The quantitative estimate of drug-likeness (QED) is 0.191. The molecule has 4 rings (SSSR count).